The average molecular weight is 472 g/mol. The van der Waals surface area contributed by atoms with Crippen LogP contribution in [0.1, 0.15) is 62.9 Å². The number of aliphatic hydroxyl groups excluding tert-OH is 1. The second-order valence-electron chi connectivity index (χ2n) is 9.56. The van der Waals surface area contributed by atoms with Crippen molar-refractivity contribution in [3.8, 4) is 0 Å². The van der Waals surface area contributed by atoms with Gasteiger partial charge in [0.25, 0.3) is 5.91 Å². The van der Waals surface area contributed by atoms with Gasteiger partial charge < -0.3 is 20.6 Å². The van der Waals surface area contributed by atoms with E-state index in [2.05, 4.69) is 36.4 Å². The zero-order chi connectivity index (χ0) is 24.9. The van der Waals surface area contributed by atoms with Crippen LogP contribution in [0.15, 0.2) is 24.3 Å². The Labute approximate surface area is 193 Å². The summed E-state index contributed by atoms with van der Waals surface area (Å²) in [7, 11) is 2.07. The first kappa shape index (κ1) is 27.1. The van der Waals surface area contributed by atoms with E-state index >= 15 is 0 Å². The lowest BCUT2D eigenvalue weighted by atomic mass is 9.75. The van der Waals surface area contributed by atoms with Crippen LogP contribution in [0.2, 0.25) is 0 Å². The van der Waals surface area contributed by atoms with Crippen molar-refractivity contribution in [3.05, 3.63) is 35.4 Å². The van der Waals surface area contributed by atoms with E-state index in [0.29, 0.717) is 18.5 Å². The van der Waals surface area contributed by atoms with E-state index in [1.807, 2.05) is 13.8 Å². The monoisotopic (exact) mass is 471 g/mol. The largest absolute Gasteiger partial charge is 0.416 e. The van der Waals surface area contributed by atoms with E-state index in [4.69, 9.17) is 0 Å². The Balaban J connectivity index is 1.99. The van der Waals surface area contributed by atoms with Crippen molar-refractivity contribution >= 4 is 11.8 Å². The number of nitrogens with zero attached hydrogens (tertiary/aromatic N) is 1. The van der Waals surface area contributed by atoms with Gasteiger partial charge in [-0.15, -0.1) is 0 Å². The van der Waals surface area contributed by atoms with Crippen molar-refractivity contribution in [2.24, 2.45) is 11.8 Å². The number of amides is 2. The number of aliphatic hydroxyl groups is 1. The maximum absolute atomic E-state index is 12.9. The molecule has 4 atom stereocenters. The highest BCUT2D eigenvalue weighted by atomic mass is 19.4. The highest BCUT2D eigenvalue weighted by Gasteiger charge is 2.38. The molecule has 3 N–H and O–H groups in total. The molecule has 0 bridgehead atoms. The van der Waals surface area contributed by atoms with Gasteiger partial charge in [-0.3, -0.25) is 9.59 Å². The Hall–Kier alpha value is -2.13. The number of carbonyl (C=O) groups excluding carboxylic acids is 2. The number of rotatable bonds is 8. The summed E-state index contributed by atoms with van der Waals surface area (Å²) in [6, 6.07) is 4.50. The maximum Gasteiger partial charge on any atom is 0.416 e. The van der Waals surface area contributed by atoms with E-state index in [0.717, 1.165) is 31.0 Å². The van der Waals surface area contributed by atoms with Crippen molar-refractivity contribution in [2.45, 2.75) is 77.4 Å². The van der Waals surface area contributed by atoms with Crippen LogP contribution in [-0.2, 0) is 11.0 Å². The molecule has 1 aromatic carbocycles. The summed E-state index contributed by atoms with van der Waals surface area (Å²) >= 11 is 0. The summed E-state index contributed by atoms with van der Waals surface area (Å²) < 4.78 is 38.6. The Kier molecular flexibility index (Phi) is 9.31. The molecule has 0 saturated heterocycles. The second-order valence-corrected chi connectivity index (χ2v) is 9.56. The lowest BCUT2D eigenvalue weighted by Crippen LogP contribution is -2.54. The number of benzene rings is 1. The van der Waals surface area contributed by atoms with Crippen molar-refractivity contribution in [1.82, 2.24) is 15.5 Å². The molecule has 6 nitrogen and oxygen atoms in total. The van der Waals surface area contributed by atoms with Gasteiger partial charge in [-0.2, -0.15) is 13.2 Å². The minimum Gasteiger partial charge on any atom is -0.392 e. The first-order valence-electron chi connectivity index (χ1n) is 11.5. The zero-order valence-corrected chi connectivity index (χ0v) is 19.9. The van der Waals surface area contributed by atoms with Crippen molar-refractivity contribution in [3.63, 3.8) is 0 Å². The lowest BCUT2D eigenvalue weighted by Gasteiger charge is -2.44. The second kappa shape index (κ2) is 11.3. The first-order valence-corrected chi connectivity index (χ1v) is 11.5. The van der Waals surface area contributed by atoms with Gasteiger partial charge in [-0.1, -0.05) is 19.9 Å². The Bertz CT molecular complexity index is 814. The summed E-state index contributed by atoms with van der Waals surface area (Å²) in [6.07, 6.45) is -2.82. The Morgan fingerprint density at radius 3 is 2.42 bits per heavy atom. The van der Waals surface area contributed by atoms with E-state index in [1.165, 1.54) is 6.07 Å². The number of carbonyl (C=O) groups is 2. The van der Waals surface area contributed by atoms with E-state index < -0.39 is 29.7 Å². The third-order valence-corrected chi connectivity index (χ3v) is 6.59. The van der Waals surface area contributed by atoms with Crippen LogP contribution in [0, 0.1) is 11.8 Å². The normalized spacial score (nSPS) is 22.5. The number of hydrogen-bond acceptors (Lipinski definition) is 4. The molecule has 1 aromatic rings. The molecule has 0 aliphatic heterocycles. The molecule has 33 heavy (non-hydrogen) atoms. The van der Waals surface area contributed by atoms with Crippen LogP contribution in [-0.4, -0.2) is 59.6 Å². The average Bonchev–Trinajstić information content (AvgIpc) is 2.76. The van der Waals surface area contributed by atoms with Gasteiger partial charge in [-0.25, -0.2) is 0 Å². The summed E-state index contributed by atoms with van der Waals surface area (Å²) in [4.78, 5) is 27.1. The standard InChI is InChI=1S/C24H36F3N3O3/c1-14(2)22(32)19-12-18(30(5)15(3)4)9-10-20(19)29-21(31)13-28-23(33)16-7-6-8-17(11-16)24(25,26)27/h6-8,11,14-15,18-20,22,32H,9-10,12-13H2,1-5H3,(H,28,33)(H,29,31)/t18-,19-,20+,22+/m1/s1. The molecule has 0 heterocycles. The molecule has 2 rings (SSSR count). The third-order valence-electron chi connectivity index (χ3n) is 6.59. The Morgan fingerprint density at radius 2 is 1.85 bits per heavy atom. The molecule has 1 aliphatic rings. The highest BCUT2D eigenvalue weighted by Crippen LogP contribution is 2.33. The highest BCUT2D eigenvalue weighted by molar-refractivity contribution is 5.96. The number of hydrogen-bond donors (Lipinski definition) is 3. The SMILES string of the molecule is CC(C)[C@H](O)[C@@H]1C[C@H](N(C)C(C)C)CC[C@@H]1NC(=O)CNC(=O)c1cccc(C(F)(F)F)c1. The zero-order valence-electron chi connectivity index (χ0n) is 19.9. The van der Waals surface area contributed by atoms with E-state index in [9.17, 15) is 27.9 Å². The fourth-order valence-corrected chi connectivity index (χ4v) is 4.38. The molecular formula is C24H36F3N3O3. The van der Waals surface area contributed by atoms with Crippen LogP contribution in [0.5, 0.6) is 0 Å². The summed E-state index contributed by atoms with van der Waals surface area (Å²) in [5.41, 5.74) is -1.09. The van der Waals surface area contributed by atoms with Gasteiger partial charge in [0.05, 0.1) is 18.2 Å². The van der Waals surface area contributed by atoms with Gasteiger partial charge in [0.2, 0.25) is 5.91 Å². The molecule has 2 amide bonds. The molecule has 0 aromatic heterocycles. The van der Waals surface area contributed by atoms with E-state index in [-0.39, 0.29) is 30.0 Å². The van der Waals surface area contributed by atoms with Gasteiger partial charge in [0.1, 0.15) is 0 Å². The minimum atomic E-state index is -4.55. The van der Waals surface area contributed by atoms with Crippen molar-refractivity contribution in [2.75, 3.05) is 13.6 Å². The van der Waals surface area contributed by atoms with Crippen LogP contribution >= 0.6 is 0 Å². The van der Waals surface area contributed by atoms with Gasteiger partial charge >= 0.3 is 6.18 Å². The molecule has 0 unspecified atom stereocenters. The molecule has 9 heteroatoms. The third kappa shape index (κ3) is 7.43. The fourth-order valence-electron chi connectivity index (χ4n) is 4.38. The molecule has 0 radical (unpaired) electrons. The lowest BCUT2D eigenvalue weighted by molar-refractivity contribution is -0.137. The molecule has 0 spiro atoms. The summed E-state index contributed by atoms with van der Waals surface area (Å²) in [5.74, 6) is -1.29. The van der Waals surface area contributed by atoms with Crippen LogP contribution in [0.25, 0.3) is 0 Å². The number of nitrogens with one attached hydrogen (secondary N) is 2. The van der Waals surface area contributed by atoms with Gasteiger partial charge in [0, 0.05) is 29.6 Å². The molecule has 1 saturated carbocycles. The van der Waals surface area contributed by atoms with E-state index in [1.54, 1.807) is 0 Å². The topological polar surface area (TPSA) is 81.7 Å². The number of halogens is 3. The summed E-state index contributed by atoms with van der Waals surface area (Å²) in [5, 5.41) is 16.1. The van der Waals surface area contributed by atoms with Crippen LogP contribution in [0.4, 0.5) is 13.2 Å². The summed E-state index contributed by atoms with van der Waals surface area (Å²) in [6.45, 7) is 7.76. The van der Waals surface area contributed by atoms with Crippen LogP contribution in [0.3, 0.4) is 0 Å². The molecule has 1 aliphatic carbocycles. The minimum absolute atomic E-state index is 0.0260. The first-order chi connectivity index (χ1) is 15.3. The predicted octanol–water partition coefficient (Wildman–Crippen LogP) is 3.45. The van der Waals surface area contributed by atoms with Gasteiger partial charge in [-0.05, 0) is 64.3 Å². The van der Waals surface area contributed by atoms with Crippen molar-refractivity contribution < 1.29 is 27.9 Å². The smallest absolute Gasteiger partial charge is 0.392 e. The Morgan fingerprint density at radius 1 is 1.18 bits per heavy atom. The molecule has 186 valence electrons. The molecular weight excluding hydrogens is 435 g/mol. The maximum atomic E-state index is 12.9. The number of alkyl halides is 3. The molecule has 1 fully saturated rings. The fraction of sp³-hybridized carbons (Fsp3) is 0.667. The van der Waals surface area contributed by atoms with Crippen LogP contribution < -0.4 is 10.6 Å². The van der Waals surface area contributed by atoms with Crippen molar-refractivity contribution in [1.29, 1.82) is 0 Å². The van der Waals surface area contributed by atoms with Gasteiger partial charge in [0.15, 0.2) is 0 Å². The predicted molar refractivity (Wildman–Crippen MR) is 121 cm³/mol. The quantitative estimate of drug-likeness (QED) is 0.543.